The number of aliphatic hydroxyl groups is 1. The lowest BCUT2D eigenvalue weighted by Gasteiger charge is -1.98. The number of benzene rings is 2. The van der Waals surface area contributed by atoms with Crippen molar-refractivity contribution in [3.05, 3.63) is 70.7 Å². The average molecular weight is 366 g/mol. The number of hydrogen-bond donors (Lipinski definition) is 2. The lowest BCUT2D eigenvalue weighted by atomic mass is 10.0. The van der Waals surface area contributed by atoms with Crippen molar-refractivity contribution in [2.45, 2.75) is 33.8 Å². The zero-order valence-corrected chi connectivity index (χ0v) is 15.6. The van der Waals surface area contributed by atoms with E-state index in [1.165, 1.54) is 0 Å². The molecule has 4 aromatic rings. The van der Waals surface area contributed by atoms with Crippen LogP contribution in [0, 0.1) is 13.8 Å². The Balaban J connectivity index is 0.000000159. The fourth-order valence-electron chi connectivity index (χ4n) is 3.32. The van der Waals surface area contributed by atoms with E-state index in [1.54, 1.807) is 18.2 Å². The van der Waals surface area contributed by atoms with E-state index in [1.807, 2.05) is 45.0 Å². The minimum atomic E-state index is -0.906. The lowest BCUT2D eigenvalue weighted by molar-refractivity contribution is 0.0699. The van der Waals surface area contributed by atoms with Gasteiger partial charge in [0.25, 0.3) is 0 Å². The molecule has 0 aliphatic rings. The number of carboxylic acid groups (broad SMARTS) is 1. The minimum Gasteiger partial charge on any atom is -0.478 e. The van der Waals surface area contributed by atoms with Gasteiger partial charge in [-0.05, 0) is 50.1 Å². The maximum absolute atomic E-state index is 11.1. The van der Waals surface area contributed by atoms with Crippen LogP contribution < -0.4 is 0 Å². The van der Waals surface area contributed by atoms with Gasteiger partial charge in [0, 0.05) is 16.3 Å². The SMILES string of the molecule is CCc1c(C)oc2cccc(C(=O)O)c12.Cc1cc2c(CO)cccc2o1. The summed E-state index contributed by atoms with van der Waals surface area (Å²) in [6, 6.07) is 12.7. The van der Waals surface area contributed by atoms with E-state index in [0.29, 0.717) is 11.1 Å². The van der Waals surface area contributed by atoms with Crippen molar-refractivity contribution in [2.24, 2.45) is 0 Å². The first-order valence-electron chi connectivity index (χ1n) is 8.79. The van der Waals surface area contributed by atoms with Crippen LogP contribution in [-0.4, -0.2) is 16.2 Å². The molecule has 0 amide bonds. The quantitative estimate of drug-likeness (QED) is 0.518. The molecule has 0 fully saturated rings. The summed E-state index contributed by atoms with van der Waals surface area (Å²) in [6.45, 7) is 5.83. The summed E-state index contributed by atoms with van der Waals surface area (Å²) in [5, 5.41) is 19.8. The Labute approximate surface area is 156 Å². The van der Waals surface area contributed by atoms with Gasteiger partial charge < -0.3 is 19.0 Å². The number of hydrogen-bond acceptors (Lipinski definition) is 4. The molecule has 0 saturated heterocycles. The molecular formula is C22H22O5. The number of fused-ring (bicyclic) bond motifs is 2. The van der Waals surface area contributed by atoms with E-state index in [2.05, 4.69) is 0 Å². The van der Waals surface area contributed by atoms with Gasteiger partial charge in [0.05, 0.1) is 12.2 Å². The minimum absolute atomic E-state index is 0.0658. The van der Waals surface area contributed by atoms with Crippen molar-refractivity contribution < 1.29 is 23.8 Å². The average Bonchev–Trinajstić information content (AvgIpc) is 3.19. The molecule has 5 nitrogen and oxygen atoms in total. The van der Waals surface area contributed by atoms with Gasteiger partial charge in [-0.1, -0.05) is 25.1 Å². The van der Waals surface area contributed by atoms with Gasteiger partial charge in [-0.15, -0.1) is 0 Å². The summed E-state index contributed by atoms with van der Waals surface area (Å²) < 4.78 is 10.9. The molecule has 27 heavy (non-hydrogen) atoms. The number of aromatic carboxylic acids is 1. The zero-order chi connectivity index (χ0) is 19.6. The molecule has 0 bridgehead atoms. The zero-order valence-electron chi connectivity index (χ0n) is 15.6. The molecule has 0 unspecified atom stereocenters. The third-order valence-electron chi connectivity index (χ3n) is 4.55. The van der Waals surface area contributed by atoms with Gasteiger partial charge >= 0.3 is 5.97 Å². The van der Waals surface area contributed by atoms with Crippen LogP contribution in [0.3, 0.4) is 0 Å². The lowest BCUT2D eigenvalue weighted by Crippen LogP contribution is -1.97. The van der Waals surface area contributed by atoms with Crippen molar-refractivity contribution in [3.8, 4) is 0 Å². The Hall–Kier alpha value is -3.05. The highest BCUT2D eigenvalue weighted by Gasteiger charge is 2.16. The second-order valence-corrected chi connectivity index (χ2v) is 6.32. The molecular weight excluding hydrogens is 344 g/mol. The fraction of sp³-hybridized carbons (Fsp3) is 0.227. The van der Waals surface area contributed by atoms with Crippen LogP contribution in [0.1, 0.15) is 39.9 Å². The largest absolute Gasteiger partial charge is 0.478 e. The fourth-order valence-corrected chi connectivity index (χ4v) is 3.32. The van der Waals surface area contributed by atoms with E-state index in [-0.39, 0.29) is 6.61 Å². The van der Waals surface area contributed by atoms with Crippen LogP contribution in [0.5, 0.6) is 0 Å². The van der Waals surface area contributed by atoms with Crippen LogP contribution in [-0.2, 0) is 13.0 Å². The second-order valence-electron chi connectivity index (χ2n) is 6.32. The third-order valence-corrected chi connectivity index (χ3v) is 4.55. The summed E-state index contributed by atoms with van der Waals surface area (Å²) in [4.78, 5) is 11.1. The molecule has 2 heterocycles. The topological polar surface area (TPSA) is 83.8 Å². The van der Waals surface area contributed by atoms with E-state index >= 15 is 0 Å². The number of rotatable bonds is 3. The molecule has 0 saturated carbocycles. The van der Waals surface area contributed by atoms with Crippen molar-refractivity contribution in [3.63, 3.8) is 0 Å². The van der Waals surface area contributed by atoms with Crippen molar-refractivity contribution in [1.29, 1.82) is 0 Å². The molecule has 0 spiro atoms. The van der Waals surface area contributed by atoms with Gasteiger partial charge in [-0.3, -0.25) is 0 Å². The number of carboxylic acids is 1. The van der Waals surface area contributed by atoms with Gasteiger partial charge in [0.15, 0.2) is 0 Å². The molecule has 5 heteroatoms. The first kappa shape index (κ1) is 18.7. The predicted molar refractivity (Wildman–Crippen MR) is 104 cm³/mol. The van der Waals surface area contributed by atoms with Gasteiger partial charge in [0.2, 0.25) is 0 Å². The summed E-state index contributed by atoms with van der Waals surface area (Å²) in [6.07, 6.45) is 0.781. The number of aliphatic hydroxyl groups excluding tert-OH is 1. The molecule has 2 N–H and O–H groups in total. The Morgan fingerprint density at radius 2 is 1.74 bits per heavy atom. The Morgan fingerprint density at radius 3 is 2.41 bits per heavy atom. The van der Waals surface area contributed by atoms with Crippen LogP contribution >= 0.6 is 0 Å². The molecule has 140 valence electrons. The van der Waals surface area contributed by atoms with E-state index in [0.717, 1.165) is 45.4 Å². The normalized spacial score (nSPS) is 10.8. The molecule has 0 aliphatic heterocycles. The van der Waals surface area contributed by atoms with E-state index in [4.69, 9.17) is 19.0 Å². The van der Waals surface area contributed by atoms with Crippen molar-refractivity contribution in [1.82, 2.24) is 0 Å². The van der Waals surface area contributed by atoms with Crippen molar-refractivity contribution in [2.75, 3.05) is 0 Å². The van der Waals surface area contributed by atoms with Crippen LogP contribution in [0.2, 0.25) is 0 Å². The standard InChI is InChI=1S/C12H12O3.C10H10O2/c1-3-8-7(2)15-10-6-4-5-9(11(8)10)12(13)14;1-7-5-9-8(6-11)3-2-4-10(9)12-7/h4-6H,3H2,1-2H3,(H,13,14);2-5,11H,6H2,1H3. The highest BCUT2D eigenvalue weighted by molar-refractivity contribution is 6.04. The monoisotopic (exact) mass is 366 g/mol. The number of carbonyl (C=O) groups is 1. The Morgan fingerprint density at radius 1 is 1.04 bits per heavy atom. The van der Waals surface area contributed by atoms with Crippen LogP contribution in [0.4, 0.5) is 0 Å². The maximum Gasteiger partial charge on any atom is 0.336 e. The van der Waals surface area contributed by atoms with Crippen LogP contribution in [0.15, 0.2) is 51.3 Å². The maximum atomic E-state index is 11.1. The second kappa shape index (κ2) is 7.68. The first-order valence-corrected chi connectivity index (χ1v) is 8.79. The highest BCUT2D eigenvalue weighted by atomic mass is 16.4. The molecule has 0 aliphatic carbocycles. The smallest absolute Gasteiger partial charge is 0.336 e. The predicted octanol–water partition coefficient (Wildman–Crippen LogP) is 5.24. The summed E-state index contributed by atoms with van der Waals surface area (Å²) in [7, 11) is 0. The number of furan rings is 2. The third kappa shape index (κ3) is 3.59. The molecule has 0 atom stereocenters. The molecule has 4 rings (SSSR count). The summed E-state index contributed by atoms with van der Waals surface area (Å²) >= 11 is 0. The van der Waals surface area contributed by atoms with E-state index < -0.39 is 5.97 Å². The van der Waals surface area contributed by atoms with Gasteiger partial charge in [-0.25, -0.2) is 4.79 Å². The molecule has 2 aromatic heterocycles. The van der Waals surface area contributed by atoms with Gasteiger partial charge in [-0.2, -0.15) is 0 Å². The molecule has 0 radical (unpaired) electrons. The van der Waals surface area contributed by atoms with Crippen molar-refractivity contribution >= 4 is 27.9 Å². The first-order chi connectivity index (χ1) is 13.0. The Bertz CT molecular complexity index is 1100. The molecule has 2 aromatic carbocycles. The van der Waals surface area contributed by atoms with E-state index in [9.17, 15) is 4.79 Å². The van der Waals surface area contributed by atoms with Gasteiger partial charge in [0.1, 0.15) is 22.7 Å². The summed E-state index contributed by atoms with van der Waals surface area (Å²) in [5.41, 5.74) is 3.73. The summed E-state index contributed by atoms with van der Waals surface area (Å²) in [5.74, 6) is 0.781. The number of aryl methyl sites for hydroxylation is 3. The highest BCUT2D eigenvalue weighted by Crippen LogP contribution is 2.29. The Kier molecular flexibility index (Phi) is 5.33. The van der Waals surface area contributed by atoms with Crippen LogP contribution in [0.25, 0.3) is 21.9 Å².